The summed E-state index contributed by atoms with van der Waals surface area (Å²) in [5, 5.41) is 0. The largest absolute Gasteiger partial charge is 0.339 e. The van der Waals surface area contributed by atoms with Gasteiger partial charge < -0.3 is 4.74 Å². The number of benzene rings is 1. The van der Waals surface area contributed by atoms with Crippen molar-refractivity contribution in [2.45, 2.75) is 25.1 Å². The molecule has 0 N–H and O–H groups in total. The van der Waals surface area contributed by atoms with E-state index in [1.54, 1.807) is 0 Å². The molecule has 0 saturated carbocycles. The number of hydrogen-bond acceptors (Lipinski definition) is 1. The first-order valence-electron chi connectivity index (χ1n) is 6.10. The van der Waals surface area contributed by atoms with Gasteiger partial charge in [-0.05, 0) is 18.1 Å². The molecule has 1 nitrogen and oxygen atoms in total. The second kappa shape index (κ2) is 5.44. The topological polar surface area (TPSA) is 9.23 Å². The fourth-order valence-electron chi connectivity index (χ4n) is 1.92. The van der Waals surface area contributed by atoms with E-state index in [1.807, 2.05) is 37.3 Å². The Bertz CT molecular complexity index is 453. The number of rotatable bonds is 4. The molecule has 2 unspecified atom stereocenters. The minimum absolute atomic E-state index is 0.265. The van der Waals surface area contributed by atoms with Crippen LogP contribution in [0.4, 0.5) is 8.78 Å². The molecule has 1 aromatic rings. The average Bonchev–Trinajstić information content (AvgIpc) is 2.38. The summed E-state index contributed by atoms with van der Waals surface area (Å²) < 4.78 is 33.0. The highest BCUT2D eigenvalue weighted by molar-refractivity contribution is 5.36. The van der Waals surface area contributed by atoms with Gasteiger partial charge in [-0.3, -0.25) is 0 Å². The van der Waals surface area contributed by atoms with Gasteiger partial charge in [0.05, 0.1) is 12.5 Å². The van der Waals surface area contributed by atoms with Gasteiger partial charge in [-0.25, -0.2) is 8.78 Å². The van der Waals surface area contributed by atoms with E-state index in [-0.39, 0.29) is 6.61 Å². The highest BCUT2D eigenvalue weighted by Crippen LogP contribution is 2.35. The lowest BCUT2D eigenvalue weighted by Crippen LogP contribution is -2.25. The minimum atomic E-state index is -2.11. The Morgan fingerprint density at radius 1 is 1.28 bits per heavy atom. The standard InChI is InChI=1S/C15H16F2O/c1-2-10-18-15(17)9-8-13(14(16)11-15)12-6-4-3-5-7-12/h3-9,11,13H,2,10H2,1H3. The van der Waals surface area contributed by atoms with Crippen molar-refractivity contribution in [3.05, 3.63) is 60.0 Å². The molecule has 2 rings (SSSR count). The third kappa shape index (κ3) is 2.85. The van der Waals surface area contributed by atoms with Gasteiger partial charge in [0.25, 0.3) is 5.85 Å². The maximum Gasteiger partial charge on any atom is 0.250 e. The van der Waals surface area contributed by atoms with Crippen LogP contribution in [0, 0.1) is 0 Å². The van der Waals surface area contributed by atoms with Gasteiger partial charge in [0.2, 0.25) is 0 Å². The average molecular weight is 250 g/mol. The van der Waals surface area contributed by atoms with Crippen LogP contribution in [0.3, 0.4) is 0 Å². The van der Waals surface area contributed by atoms with Gasteiger partial charge in [0.15, 0.2) is 0 Å². The predicted octanol–water partition coefficient (Wildman–Crippen LogP) is 4.29. The number of alkyl halides is 1. The van der Waals surface area contributed by atoms with Crippen molar-refractivity contribution in [3.8, 4) is 0 Å². The first-order chi connectivity index (χ1) is 8.64. The summed E-state index contributed by atoms with van der Waals surface area (Å²) in [6, 6.07) is 9.17. The molecule has 0 fully saturated rings. The summed E-state index contributed by atoms with van der Waals surface area (Å²) in [6.07, 6.45) is 4.40. The van der Waals surface area contributed by atoms with Crippen LogP contribution in [-0.2, 0) is 4.74 Å². The van der Waals surface area contributed by atoms with E-state index in [1.165, 1.54) is 12.2 Å². The summed E-state index contributed by atoms with van der Waals surface area (Å²) in [7, 11) is 0. The quantitative estimate of drug-likeness (QED) is 0.724. The Hall–Kier alpha value is -1.48. The molecule has 18 heavy (non-hydrogen) atoms. The van der Waals surface area contributed by atoms with Gasteiger partial charge in [0, 0.05) is 6.08 Å². The molecule has 1 aliphatic carbocycles. The smallest absolute Gasteiger partial charge is 0.250 e. The summed E-state index contributed by atoms with van der Waals surface area (Å²) in [5.41, 5.74) is 0.806. The van der Waals surface area contributed by atoms with Crippen LogP contribution in [-0.4, -0.2) is 12.5 Å². The molecule has 0 heterocycles. The van der Waals surface area contributed by atoms with E-state index in [4.69, 9.17) is 4.74 Å². The molecule has 1 aliphatic rings. The second-order valence-electron chi connectivity index (χ2n) is 4.32. The Kier molecular flexibility index (Phi) is 3.92. The van der Waals surface area contributed by atoms with Crippen LogP contribution in [0.15, 0.2) is 54.4 Å². The predicted molar refractivity (Wildman–Crippen MR) is 67.6 cm³/mol. The Labute approximate surface area is 106 Å². The van der Waals surface area contributed by atoms with Crippen LogP contribution >= 0.6 is 0 Å². The normalized spacial score (nSPS) is 27.1. The molecule has 0 amide bonds. The SMILES string of the molecule is CCCOC1(F)C=CC(c2ccccc2)C(F)=C1. The van der Waals surface area contributed by atoms with E-state index in [9.17, 15) is 8.78 Å². The molecule has 96 valence electrons. The fourth-order valence-corrected chi connectivity index (χ4v) is 1.92. The Morgan fingerprint density at radius 3 is 2.61 bits per heavy atom. The van der Waals surface area contributed by atoms with E-state index >= 15 is 0 Å². The number of halogens is 2. The summed E-state index contributed by atoms with van der Waals surface area (Å²) in [5.74, 6) is -3.13. The zero-order valence-corrected chi connectivity index (χ0v) is 10.3. The van der Waals surface area contributed by atoms with Crippen molar-refractivity contribution in [2.24, 2.45) is 0 Å². The highest BCUT2D eigenvalue weighted by atomic mass is 19.2. The van der Waals surface area contributed by atoms with Gasteiger partial charge in [-0.15, -0.1) is 0 Å². The molecule has 0 radical (unpaired) electrons. The third-order valence-electron chi connectivity index (χ3n) is 2.83. The number of ether oxygens (including phenoxy) is 1. The first kappa shape index (κ1) is 13.0. The monoisotopic (exact) mass is 250 g/mol. The molecule has 3 heteroatoms. The molecule has 0 aliphatic heterocycles. The first-order valence-corrected chi connectivity index (χ1v) is 6.10. The van der Waals surface area contributed by atoms with Crippen molar-refractivity contribution >= 4 is 0 Å². The van der Waals surface area contributed by atoms with Crippen LogP contribution < -0.4 is 0 Å². The summed E-state index contributed by atoms with van der Waals surface area (Å²) in [4.78, 5) is 0. The van der Waals surface area contributed by atoms with Crippen molar-refractivity contribution in [3.63, 3.8) is 0 Å². The lowest BCUT2D eigenvalue weighted by Gasteiger charge is -2.24. The van der Waals surface area contributed by atoms with Crippen LogP contribution in [0.2, 0.25) is 0 Å². The van der Waals surface area contributed by atoms with Crippen molar-refractivity contribution < 1.29 is 13.5 Å². The summed E-state index contributed by atoms with van der Waals surface area (Å²) >= 11 is 0. The zero-order valence-electron chi connectivity index (χ0n) is 10.3. The molecule has 0 aromatic heterocycles. The Balaban J connectivity index is 2.17. The van der Waals surface area contributed by atoms with Crippen molar-refractivity contribution in [1.82, 2.24) is 0 Å². The number of hydrogen-bond donors (Lipinski definition) is 0. The van der Waals surface area contributed by atoms with Gasteiger partial charge in [0.1, 0.15) is 5.83 Å². The molecule has 1 aromatic carbocycles. The third-order valence-corrected chi connectivity index (χ3v) is 2.83. The van der Waals surface area contributed by atoms with Crippen molar-refractivity contribution in [1.29, 1.82) is 0 Å². The molecule has 2 atom stereocenters. The van der Waals surface area contributed by atoms with Gasteiger partial charge >= 0.3 is 0 Å². The van der Waals surface area contributed by atoms with Crippen molar-refractivity contribution in [2.75, 3.05) is 6.61 Å². The van der Waals surface area contributed by atoms with Crippen LogP contribution in [0.5, 0.6) is 0 Å². The molecule has 0 bridgehead atoms. The van der Waals surface area contributed by atoms with Gasteiger partial charge in [-0.2, -0.15) is 0 Å². The van der Waals surface area contributed by atoms with Gasteiger partial charge in [-0.1, -0.05) is 43.3 Å². The van der Waals surface area contributed by atoms with Crippen LogP contribution in [0.1, 0.15) is 24.8 Å². The summed E-state index contributed by atoms with van der Waals surface area (Å²) in [6.45, 7) is 2.14. The maximum atomic E-state index is 14.1. The molecule has 0 spiro atoms. The van der Waals surface area contributed by atoms with E-state index < -0.39 is 17.6 Å². The lowest BCUT2D eigenvalue weighted by atomic mass is 9.92. The molecule has 0 saturated heterocycles. The zero-order chi connectivity index (χ0) is 13.0. The van der Waals surface area contributed by atoms with Crippen LogP contribution in [0.25, 0.3) is 0 Å². The highest BCUT2D eigenvalue weighted by Gasteiger charge is 2.31. The van der Waals surface area contributed by atoms with E-state index in [0.29, 0.717) is 6.42 Å². The fraction of sp³-hybridized carbons (Fsp3) is 0.333. The van der Waals surface area contributed by atoms with E-state index in [0.717, 1.165) is 11.6 Å². The molecular weight excluding hydrogens is 234 g/mol. The molecular formula is C15H16F2O. The maximum absolute atomic E-state index is 14.1. The minimum Gasteiger partial charge on any atom is -0.339 e. The Morgan fingerprint density at radius 2 is 2.00 bits per heavy atom. The number of allylic oxidation sites excluding steroid dienone is 2. The van der Waals surface area contributed by atoms with E-state index in [2.05, 4.69) is 0 Å². The second-order valence-corrected chi connectivity index (χ2v) is 4.32. The lowest BCUT2D eigenvalue weighted by molar-refractivity contribution is -0.0708.